The number of rotatable bonds is 8. The van der Waals surface area contributed by atoms with Crippen LogP contribution in [0.3, 0.4) is 0 Å². The third-order valence-corrected chi connectivity index (χ3v) is 3.62. The number of benzene rings is 1. The van der Waals surface area contributed by atoms with E-state index in [4.69, 9.17) is 10.00 Å². The van der Waals surface area contributed by atoms with Crippen molar-refractivity contribution in [3.63, 3.8) is 0 Å². The van der Waals surface area contributed by atoms with Crippen LogP contribution >= 0.6 is 0 Å². The molecule has 0 spiro atoms. The van der Waals surface area contributed by atoms with Gasteiger partial charge in [-0.3, -0.25) is 9.78 Å². The number of carbonyl (C=O) groups is 1. The van der Waals surface area contributed by atoms with Crippen LogP contribution in [-0.2, 0) is 11.3 Å². The molecule has 0 unspecified atom stereocenters. The van der Waals surface area contributed by atoms with Gasteiger partial charge in [0.2, 0.25) is 0 Å². The van der Waals surface area contributed by atoms with Gasteiger partial charge in [-0.05, 0) is 37.9 Å². The van der Waals surface area contributed by atoms with Crippen molar-refractivity contribution in [3.05, 3.63) is 59.9 Å². The highest BCUT2D eigenvalue weighted by Crippen LogP contribution is 2.16. The molecule has 1 aromatic carbocycles. The zero-order valence-corrected chi connectivity index (χ0v) is 14.6. The Morgan fingerprint density at radius 1 is 1.20 bits per heavy atom. The third kappa shape index (κ3) is 5.90. The summed E-state index contributed by atoms with van der Waals surface area (Å²) in [6.07, 6.45) is 3.46. The zero-order chi connectivity index (χ0) is 18.1. The molecule has 2 rings (SSSR count). The Balaban J connectivity index is 2.02. The van der Waals surface area contributed by atoms with Crippen LogP contribution in [0, 0.1) is 11.3 Å². The van der Waals surface area contributed by atoms with E-state index in [-0.39, 0.29) is 12.5 Å². The molecule has 0 aliphatic carbocycles. The summed E-state index contributed by atoms with van der Waals surface area (Å²) in [5.74, 6) is 0.297. The average molecular weight is 338 g/mol. The van der Waals surface area contributed by atoms with Crippen molar-refractivity contribution in [1.82, 2.24) is 14.8 Å². The molecule has 130 valence electrons. The molecule has 0 atom stereocenters. The summed E-state index contributed by atoms with van der Waals surface area (Å²) in [6.45, 7) is 1.71. The lowest BCUT2D eigenvalue weighted by atomic mass is 10.2. The first-order valence-corrected chi connectivity index (χ1v) is 8.03. The molecular weight excluding hydrogens is 316 g/mol. The van der Waals surface area contributed by atoms with Gasteiger partial charge in [0.1, 0.15) is 11.8 Å². The first kappa shape index (κ1) is 18.4. The summed E-state index contributed by atoms with van der Waals surface area (Å²) in [5, 5.41) is 9.10. The fourth-order valence-electron chi connectivity index (χ4n) is 2.24. The van der Waals surface area contributed by atoms with E-state index in [2.05, 4.69) is 11.1 Å². The topological polar surface area (TPSA) is 69.5 Å². The van der Waals surface area contributed by atoms with Crippen LogP contribution in [0.1, 0.15) is 11.1 Å². The summed E-state index contributed by atoms with van der Waals surface area (Å²) in [6, 6.07) is 12.8. The van der Waals surface area contributed by atoms with E-state index in [0.717, 1.165) is 12.1 Å². The standard InChI is InChI=1S/C19H22N4O2/c1-22(2)10-11-23(14-16-6-5-9-21-13-16)19(24)15-25-18-8-4-3-7-17(18)12-20/h3-9,13H,10-11,14-15H2,1-2H3. The largest absolute Gasteiger partial charge is 0.482 e. The first-order chi connectivity index (χ1) is 12.1. The number of carbonyl (C=O) groups excluding carboxylic acids is 1. The molecule has 1 heterocycles. The highest BCUT2D eigenvalue weighted by atomic mass is 16.5. The van der Waals surface area contributed by atoms with Gasteiger partial charge < -0.3 is 14.5 Å². The van der Waals surface area contributed by atoms with Crippen molar-refractivity contribution < 1.29 is 9.53 Å². The van der Waals surface area contributed by atoms with Crippen molar-refractivity contribution in [2.24, 2.45) is 0 Å². The molecule has 6 heteroatoms. The fourth-order valence-corrected chi connectivity index (χ4v) is 2.24. The van der Waals surface area contributed by atoms with E-state index >= 15 is 0 Å². The number of nitriles is 1. The average Bonchev–Trinajstić information content (AvgIpc) is 2.64. The predicted octanol–water partition coefficient (Wildman–Crippen LogP) is 1.92. The second-order valence-corrected chi connectivity index (χ2v) is 5.88. The number of ether oxygens (including phenoxy) is 1. The van der Waals surface area contributed by atoms with E-state index in [1.54, 1.807) is 41.6 Å². The number of amides is 1. The minimum Gasteiger partial charge on any atom is -0.482 e. The van der Waals surface area contributed by atoms with Crippen LogP contribution < -0.4 is 4.74 Å². The lowest BCUT2D eigenvalue weighted by Gasteiger charge is -2.24. The normalized spacial score (nSPS) is 10.3. The van der Waals surface area contributed by atoms with Crippen molar-refractivity contribution in [2.45, 2.75) is 6.54 Å². The lowest BCUT2D eigenvalue weighted by Crippen LogP contribution is -2.39. The Morgan fingerprint density at radius 2 is 2.00 bits per heavy atom. The van der Waals surface area contributed by atoms with Crippen molar-refractivity contribution in [2.75, 3.05) is 33.8 Å². The second-order valence-electron chi connectivity index (χ2n) is 5.88. The highest BCUT2D eigenvalue weighted by molar-refractivity contribution is 5.77. The van der Waals surface area contributed by atoms with Gasteiger partial charge in [-0.15, -0.1) is 0 Å². The Labute approximate surface area is 148 Å². The number of hydrogen-bond donors (Lipinski definition) is 0. The van der Waals surface area contributed by atoms with E-state index < -0.39 is 0 Å². The molecule has 1 amide bonds. The van der Waals surface area contributed by atoms with Gasteiger partial charge in [0.05, 0.1) is 5.56 Å². The van der Waals surface area contributed by atoms with Gasteiger partial charge in [0.15, 0.2) is 6.61 Å². The molecule has 6 nitrogen and oxygen atoms in total. The zero-order valence-electron chi connectivity index (χ0n) is 14.6. The highest BCUT2D eigenvalue weighted by Gasteiger charge is 2.16. The van der Waals surface area contributed by atoms with E-state index in [9.17, 15) is 4.79 Å². The van der Waals surface area contributed by atoms with Gasteiger partial charge in [0.25, 0.3) is 5.91 Å². The minimum absolute atomic E-state index is 0.105. The maximum absolute atomic E-state index is 12.6. The predicted molar refractivity (Wildman–Crippen MR) is 94.9 cm³/mol. The Morgan fingerprint density at radius 3 is 2.68 bits per heavy atom. The first-order valence-electron chi connectivity index (χ1n) is 8.03. The van der Waals surface area contributed by atoms with Gasteiger partial charge >= 0.3 is 0 Å². The van der Waals surface area contributed by atoms with Crippen LogP contribution in [0.5, 0.6) is 5.75 Å². The molecular formula is C19H22N4O2. The van der Waals surface area contributed by atoms with E-state index in [1.165, 1.54) is 0 Å². The van der Waals surface area contributed by atoms with Crippen molar-refractivity contribution in [1.29, 1.82) is 5.26 Å². The van der Waals surface area contributed by atoms with Crippen molar-refractivity contribution >= 4 is 5.91 Å². The maximum atomic E-state index is 12.6. The smallest absolute Gasteiger partial charge is 0.260 e. The number of hydrogen-bond acceptors (Lipinski definition) is 5. The summed E-state index contributed by atoms with van der Waals surface area (Å²) in [5.41, 5.74) is 1.38. The molecule has 25 heavy (non-hydrogen) atoms. The molecule has 2 aromatic rings. The molecule has 0 aliphatic heterocycles. The quantitative estimate of drug-likeness (QED) is 0.735. The van der Waals surface area contributed by atoms with Crippen LogP contribution in [0.25, 0.3) is 0 Å². The summed E-state index contributed by atoms with van der Waals surface area (Å²) < 4.78 is 5.57. The summed E-state index contributed by atoms with van der Waals surface area (Å²) in [4.78, 5) is 20.5. The monoisotopic (exact) mass is 338 g/mol. The number of pyridine rings is 1. The number of para-hydroxylation sites is 1. The molecule has 0 fully saturated rings. The molecule has 0 aliphatic rings. The molecule has 0 saturated heterocycles. The molecule has 0 radical (unpaired) electrons. The third-order valence-electron chi connectivity index (χ3n) is 3.62. The number of likely N-dealkylation sites (N-methyl/N-ethyl adjacent to an activating group) is 1. The number of nitrogens with zero attached hydrogens (tertiary/aromatic N) is 4. The van der Waals surface area contributed by atoms with Crippen LogP contribution in [0.2, 0.25) is 0 Å². The Kier molecular flexibility index (Phi) is 6.93. The Hall–Kier alpha value is -2.91. The maximum Gasteiger partial charge on any atom is 0.260 e. The van der Waals surface area contributed by atoms with Gasteiger partial charge in [-0.2, -0.15) is 5.26 Å². The molecule has 0 saturated carbocycles. The SMILES string of the molecule is CN(C)CCN(Cc1cccnc1)C(=O)COc1ccccc1C#N. The Bertz CT molecular complexity index is 726. The van der Waals surface area contributed by atoms with E-state index in [1.807, 2.05) is 31.1 Å². The van der Waals surface area contributed by atoms with Crippen molar-refractivity contribution in [3.8, 4) is 11.8 Å². The van der Waals surface area contributed by atoms with Crippen LogP contribution in [0.4, 0.5) is 0 Å². The van der Waals surface area contributed by atoms with Crippen LogP contribution in [0.15, 0.2) is 48.8 Å². The summed E-state index contributed by atoms with van der Waals surface area (Å²) >= 11 is 0. The molecule has 0 N–H and O–H groups in total. The van der Waals surface area contributed by atoms with Crippen LogP contribution in [-0.4, -0.2) is 54.5 Å². The molecule has 0 bridgehead atoms. The van der Waals surface area contributed by atoms with Gasteiger partial charge in [0, 0.05) is 32.0 Å². The van der Waals surface area contributed by atoms with E-state index in [0.29, 0.717) is 24.4 Å². The second kappa shape index (κ2) is 9.40. The van der Waals surface area contributed by atoms with Gasteiger partial charge in [-0.25, -0.2) is 0 Å². The fraction of sp³-hybridized carbons (Fsp3) is 0.316. The minimum atomic E-state index is -0.126. The molecule has 1 aromatic heterocycles. The van der Waals surface area contributed by atoms with Gasteiger partial charge in [-0.1, -0.05) is 18.2 Å². The lowest BCUT2D eigenvalue weighted by molar-refractivity contribution is -0.134. The number of aromatic nitrogens is 1. The summed E-state index contributed by atoms with van der Waals surface area (Å²) in [7, 11) is 3.93.